The van der Waals surface area contributed by atoms with E-state index in [1.807, 2.05) is 0 Å². The number of benzene rings is 1. The minimum atomic E-state index is -0.486. The van der Waals surface area contributed by atoms with E-state index in [0.717, 1.165) is 4.90 Å². The topological polar surface area (TPSA) is 50.5 Å². The zero-order valence-corrected chi connectivity index (χ0v) is 10.3. The van der Waals surface area contributed by atoms with Crippen LogP contribution in [0.25, 0.3) is 0 Å². The number of amides is 2. The van der Waals surface area contributed by atoms with Gasteiger partial charge < -0.3 is 4.42 Å². The zero-order valence-electron chi connectivity index (χ0n) is 9.59. The van der Waals surface area contributed by atoms with Gasteiger partial charge in [-0.1, -0.05) is 11.6 Å². The van der Waals surface area contributed by atoms with Gasteiger partial charge in [-0.3, -0.25) is 14.5 Å². The Labute approximate surface area is 109 Å². The third-order valence-electron chi connectivity index (χ3n) is 2.43. The second-order valence-corrected chi connectivity index (χ2v) is 4.09. The fraction of sp³-hybridized carbons (Fsp3) is 0.0769. The van der Waals surface area contributed by atoms with E-state index in [4.69, 9.17) is 16.0 Å². The molecule has 0 radical (unpaired) electrons. The molecule has 4 nitrogen and oxygen atoms in total. The van der Waals surface area contributed by atoms with Crippen LogP contribution in [-0.2, 0) is 0 Å². The Kier molecular flexibility index (Phi) is 3.48. The summed E-state index contributed by atoms with van der Waals surface area (Å²) in [6, 6.07) is 9.43. The predicted molar refractivity (Wildman–Crippen MR) is 66.6 cm³/mol. The molecule has 5 heteroatoms. The summed E-state index contributed by atoms with van der Waals surface area (Å²) in [5.41, 5.74) is 0.391. The molecule has 0 bridgehead atoms. The van der Waals surface area contributed by atoms with Gasteiger partial charge in [-0.05, 0) is 36.4 Å². The molecule has 1 heterocycles. The van der Waals surface area contributed by atoms with Gasteiger partial charge in [0, 0.05) is 17.6 Å². The van der Waals surface area contributed by atoms with E-state index in [-0.39, 0.29) is 5.76 Å². The first-order valence-corrected chi connectivity index (χ1v) is 5.59. The summed E-state index contributed by atoms with van der Waals surface area (Å²) in [6.45, 7) is 0. The van der Waals surface area contributed by atoms with E-state index in [0.29, 0.717) is 10.6 Å². The average molecular weight is 264 g/mol. The molecule has 0 aliphatic heterocycles. The quantitative estimate of drug-likeness (QED) is 0.783. The zero-order chi connectivity index (χ0) is 13.1. The molecule has 2 rings (SSSR count). The number of carbonyl (C=O) groups is 2. The smallest absolute Gasteiger partial charge is 0.296 e. The lowest BCUT2D eigenvalue weighted by Crippen LogP contribution is -2.32. The molecule has 0 N–H and O–H groups in total. The molecular weight excluding hydrogens is 254 g/mol. The highest BCUT2D eigenvalue weighted by Crippen LogP contribution is 2.12. The molecule has 0 unspecified atom stereocenters. The Morgan fingerprint density at radius 3 is 2.33 bits per heavy atom. The highest BCUT2D eigenvalue weighted by Gasteiger charge is 2.21. The second kappa shape index (κ2) is 5.06. The van der Waals surface area contributed by atoms with Crippen LogP contribution in [0.2, 0.25) is 5.02 Å². The molecule has 0 saturated heterocycles. The number of rotatable bonds is 2. The van der Waals surface area contributed by atoms with Crippen molar-refractivity contribution in [1.82, 2.24) is 4.90 Å². The van der Waals surface area contributed by atoms with Crippen molar-refractivity contribution in [1.29, 1.82) is 0 Å². The van der Waals surface area contributed by atoms with Gasteiger partial charge >= 0.3 is 0 Å². The van der Waals surface area contributed by atoms with Crippen molar-refractivity contribution in [2.24, 2.45) is 0 Å². The molecule has 0 aliphatic rings. The van der Waals surface area contributed by atoms with Crippen LogP contribution in [0.3, 0.4) is 0 Å². The Morgan fingerprint density at radius 2 is 1.78 bits per heavy atom. The molecule has 92 valence electrons. The van der Waals surface area contributed by atoms with Crippen molar-refractivity contribution >= 4 is 23.4 Å². The number of carbonyl (C=O) groups excluding carboxylic acids is 2. The van der Waals surface area contributed by atoms with E-state index in [9.17, 15) is 9.59 Å². The van der Waals surface area contributed by atoms with Gasteiger partial charge in [0.15, 0.2) is 5.76 Å². The SMILES string of the molecule is CN(C(=O)c1ccc(Cl)cc1)C(=O)c1ccco1. The molecule has 2 aromatic rings. The Balaban J connectivity index is 2.19. The minimum absolute atomic E-state index is 0.125. The van der Waals surface area contributed by atoms with Gasteiger partial charge in [0.05, 0.1) is 6.26 Å². The van der Waals surface area contributed by atoms with Crippen molar-refractivity contribution in [3.05, 3.63) is 59.0 Å². The highest BCUT2D eigenvalue weighted by atomic mass is 35.5. The van der Waals surface area contributed by atoms with E-state index >= 15 is 0 Å². The first-order chi connectivity index (χ1) is 8.59. The van der Waals surface area contributed by atoms with Crippen molar-refractivity contribution < 1.29 is 14.0 Å². The molecule has 0 saturated carbocycles. The summed E-state index contributed by atoms with van der Waals surface area (Å²) >= 11 is 5.73. The number of imide groups is 1. The number of hydrogen-bond donors (Lipinski definition) is 0. The Bertz CT molecular complexity index is 560. The lowest BCUT2D eigenvalue weighted by molar-refractivity contribution is 0.0637. The van der Waals surface area contributed by atoms with Crippen LogP contribution < -0.4 is 0 Å². The van der Waals surface area contributed by atoms with Gasteiger partial charge in [0.1, 0.15) is 0 Å². The Hall–Kier alpha value is -2.07. The van der Waals surface area contributed by atoms with Crippen molar-refractivity contribution in [3.63, 3.8) is 0 Å². The van der Waals surface area contributed by atoms with E-state index < -0.39 is 11.8 Å². The molecule has 0 fully saturated rings. The van der Waals surface area contributed by atoms with Crippen LogP contribution >= 0.6 is 11.6 Å². The molecular formula is C13H10ClNO3. The maximum Gasteiger partial charge on any atom is 0.296 e. The summed E-state index contributed by atoms with van der Waals surface area (Å²) in [6.07, 6.45) is 1.38. The lowest BCUT2D eigenvalue weighted by atomic mass is 10.2. The van der Waals surface area contributed by atoms with Crippen molar-refractivity contribution in [2.45, 2.75) is 0 Å². The number of hydrogen-bond acceptors (Lipinski definition) is 3. The van der Waals surface area contributed by atoms with Crippen LogP contribution in [0.1, 0.15) is 20.9 Å². The van der Waals surface area contributed by atoms with Gasteiger partial charge in [-0.25, -0.2) is 0 Å². The predicted octanol–water partition coefficient (Wildman–Crippen LogP) is 2.85. The van der Waals surface area contributed by atoms with Gasteiger partial charge in [-0.15, -0.1) is 0 Å². The monoisotopic (exact) mass is 263 g/mol. The normalized spacial score (nSPS) is 10.1. The van der Waals surface area contributed by atoms with E-state index in [1.54, 1.807) is 30.3 Å². The van der Waals surface area contributed by atoms with Crippen molar-refractivity contribution in [2.75, 3.05) is 7.05 Å². The lowest BCUT2D eigenvalue weighted by Gasteiger charge is -2.13. The second-order valence-electron chi connectivity index (χ2n) is 3.65. The van der Waals surface area contributed by atoms with E-state index in [1.165, 1.54) is 19.4 Å². The average Bonchev–Trinajstić information content (AvgIpc) is 2.91. The largest absolute Gasteiger partial charge is 0.459 e. The summed E-state index contributed by atoms with van der Waals surface area (Å²) < 4.78 is 4.96. The fourth-order valence-electron chi connectivity index (χ4n) is 1.44. The fourth-order valence-corrected chi connectivity index (χ4v) is 1.57. The molecule has 0 atom stereocenters. The van der Waals surface area contributed by atoms with E-state index in [2.05, 4.69) is 0 Å². The summed E-state index contributed by atoms with van der Waals surface area (Å²) in [5.74, 6) is -0.771. The van der Waals surface area contributed by atoms with Crippen molar-refractivity contribution in [3.8, 4) is 0 Å². The van der Waals surface area contributed by atoms with Crippen LogP contribution in [0.5, 0.6) is 0 Å². The van der Waals surface area contributed by atoms with Crippen LogP contribution in [0.4, 0.5) is 0 Å². The highest BCUT2D eigenvalue weighted by molar-refractivity contribution is 6.30. The maximum absolute atomic E-state index is 12.0. The number of halogens is 1. The molecule has 1 aromatic heterocycles. The molecule has 2 amide bonds. The standard InChI is InChI=1S/C13H10ClNO3/c1-15(13(17)11-3-2-8-18-11)12(16)9-4-6-10(14)7-5-9/h2-8H,1H3. The van der Waals surface area contributed by atoms with Gasteiger partial charge in [0.2, 0.25) is 0 Å². The first kappa shape index (κ1) is 12.4. The molecule has 0 spiro atoms. The number of nitrogens with zero attached hydrogens (tertiary/aromatic N) is 1. The third-order valence-corrected chi connectivity index (χ3v) is 2.68. The Morgan fingerprint density at radius 1 is 1.11 bits per heavy atom. The molecule has 1 aromatic carbocycles. The van der Waals surface area contributed by atoms with Gasteiger partial charge in [0.25, 0.3) is 11.8 Å². The minimum Gasteiger partial charge on any atom is -0.459 e. The van der Waals surface area contributed by atoms with Crippen LogP contribution in [0.15, 0.2) is 47.1 Å². The summed E-state index contributed by atoms with van der Waals surface area (Å²) in [4.78, 5) is 24.9. The molecule has 0 aliphatic carbocycles. The van der Waals surface area contributed by atoms with Crippen LogP contribution in [-0.4, -0.2) is 23.8 Å². The summed E-state index contributed by atoms with van der Waals surface area (Å²) in [5, 5.41) is 0.534. The maximum atomic E-state index is 12.0. The molecule has 18 heavy (non-hydrogen) atoms. The number of furan rings is 1. The summed E-state index contributed by atoms with van der Waals surface area (Å²) in [7, 11) is 1.40. The van der Waals surface area contributed by atoms with Crippen LogP contribution in [0, 0.1) is 0 Å². The first-order valence-electron chi connectivity index (χ1n) is 5.21. The van der Waals surface area contributed by atoms with Gasteiger partial charge in [-0.2, -0.15) is 0 Å². The third kappa shape index (κ3) is 2.43.